The largest absolute Gasteiger partial charge is 0.352 e. The summed E-state index contributed by atoms with van der Waals surface area (Å²) in [6.07, 6.45) is 2.32. The maximum Gasteiger partial charge on any atom is 0.237 e. The minimum Gasteiger partial charge on any atom is -0.352 e. The molecule has 3 nitrogen and oxygen atoms in total. The lowest BCUT2D eigenvalue weighted by molar-refractivity contribution is -0.126. The van der Waals surface area contributed by atoms with Crippen LogP contribution in [0.5, 0.6) is 0 Å². The maximum absolute atomic E-state index is 11.7. The highest BCUT2D eigenvalue weighted by molar-refractivity contribution is 5.82. The van der Waals surface area contributed by atoms with Crippen molar-refractivity contribution < 1.29 is 4.79 Å². The molecule has 14 heavy (non-hydrogen) atoms. The third kappa shape index (κ3) is 2.47. The van der Waals surface area contributed by atoms with E-state index in [2.05, 4.69) is 12.2 Å². The van der Waals surface area contributed by atoms with Gasteiger partial charge in [-0.25, -0.2) is 0 Å². The van der Waals surface area contributed by atoms with Crippen molar-refractivity contribution in [1.82, 2.24) is 5.32 Å². The van der Waals surface area contributed by atoms with Gasteiger partial charge in [0.25, 0.3) is 0 Å². The summed E-state index contributed by atoms with van der Waals surface area (Å²) in [5.74, 6) is 0.611. The number of nitrogens with one attached hydrogen (secondary N) is 1. The van der Waals surface area contributed by atoms with Crippen molar-refractivity contribution in [3.05, 3.63) is 0 Å². The van der Waals surface area contributed by atoms with E-state index in [0.717, 1.165) is 6.42 Å². The van der Waals surface area contributed by atoms with Gasteiger partial charge in [0, 0.05) is 6.04 Å². The van der Waals surface area contributed by atoms with Crippen LogP contribution < -0.4 is 11.1 Å². The zero-order valence-corrected chi connectivity index (χ0v) is 9.63. The first-order valence-electron chi connectivity index (χ1n) is 5.38. The summed E-state index contributed by atoms with van der Waals surface area (Å²) >= 11 is 0. The van der Waals surface area contributed by atoms with Gasteiger partial charge in [0.1, 0.15) is 0 Å². The summed E-state index contributed by atoms with van der Waals surface area (Å²) in [6.45, 7) is 8.13. The minimum atomic E-state index is -0.407. The molecule has 1 amide bonds. The average molecular weight is 198 g/mol. The standard InChI is InChI=1S/C11H22N2O/c1-7-5-6-8(7)13-10(14)9(12)11(2,3)4/h7-9H,5-6,12H2,1-4H3,(H,13,14). The molecule has 0 radical (unpaired) electrons. The van der Waals surface area contributed by atoms with Gasteiger partial charge >= 0.3 is 0 Å². The highest BCUT2D eigenvalue weighted by Gasteiger charge is 2.33. The van der Waals surface area contributed by atoms with Gasteiger partial charge in [0.15, 0.2) is 0 Å². The molecule has 0 aromatic carbocycles. The number of nitrogens with two attached hydrogens (primary N) is 1. The van der Waals surface area contributed by atoms with E-state index in [0.29, 0.717) is 12.0 Å². The van der Waals surface area contributed by atoms with Crippen LogP contribution in [0.1, 0.15) is 40.5 Å². The van der Waals surface area contributed by atoms with Crippen molar-refractivity contribution in [2.75, 3.05) is 0 Å². The zero-order valence-electron chi connectivity index (χ0n) is 9.63. The molecule has 82 valence electrons. The number of carbonyl (C=O) groups excluding carboxylic acids is 1. The van der Waals surface area contributed by atoms with Crippen molar-refractivity contribution >= 4 is 5.91 Å². The Kier molecular flexibility index (Phi) is 3.20. The van der Waals surface area contributed by atoms with Crippen molar-refractivity contribution in [3.8, 4) is 0 Å². The predicted octanol–water partition coefficient (Wildman–Crippen LogP) is 1.27. The Balaban J connectivity index is 2.42. The number of rotatable bonds is 2. The Bertz CT molecular complexity index is 220. The third-order valence-electron chi connectivity index (χ3n) is 3.16. The molecule has 0 aliphatic heterocycles. The lowest BCUT2D eigenvalue weighted by Crippen LogP contribution is -2.54. The van der Waals surface area contributed by atoms with Crippen LogP contribution in [0.15, 0.2) is 0 Å². The van der Waals surface area contributed by atoms with Crippen LogP contribution in [0.4, 0.5) is 0 Å². The van der Waals surface area contributed by atoms with Crippen LogP contribution in [0.25, 0.3) is 0 Å². The molecule has 1 rings (SSSR count). The van der Waals surface area contributed by atoms with E-state index < -0.39 is 6.04 Å². The van der Waals surface area contributed by atoms with Gasteiger partial charge in [-0.3, -0.25) is 4.79 Å². The number of hydrogen-bond acceptors (Lipinski definition) is 2. The van der Waals surface area contributed by atoms with E-state index in [1.165, 1.54) is 6.42 Å². The van der Waals surface area contributed by atoms with Crippen LogP contribution in [0.2, 0.25) is 0 Å². The van der Waals surface area contributed by atoms with Crippen LogP contribution in [-0.2, 0) is 4.79 Å². The van der Waals surface area contributed by atoms with Gasteiger partial charge in [-0.2, -0.15) is 0 Å². The zero-order chi connectivity index (χ0) is 10.9. The van der Waals surface area contributed by atoms with Crippen molar-refractivity contribution in [3.63, 3.8) is 0 Å². The van der Waals surface area contributed by atoms with Gasteiger partial charge < -0.3 is 11.1 Å². The molecule has 3 heteroatoms. The van der Waals surface area contributed by atoms with Gasteiger partial charge in [0.2, 0.25) is 5.91 Å². The van der Waals surface area contributed by atoms with Crippen molar-refractivity contribution in [1.29, 1.82) is 0 Å². The van der Waals surface area contributed by atoms with E-state index in [1.54, 1.807) is 0 Å². The predicted molar refractivity (Wildman–Crippen MR) is 57.8 cm³/mol. The Morgan fingerprint density at radius 3 is 2.29 bits per heavy atom. The third-order valence-corrected chi connectivity index (χ3v) is 3.16. The molecule has 1 aliphatic rings. The van der Waals surface area contributed by atoms with E-state index in [4.69, 9.17) is 5.73 Å². The van der Waals surface area contributed by atoms with E-state index in [9.17, 15) is 4.79 Å². The molecule has 3 atom stereocenters. The number of amides is 1. The molecular formula is C11H22N2O. The topological polar surface area (TPSA) is 55.1 Å². The van der Waals surface area contributed by atoms with Crippen LogP contribution >= 0.6 is 0 Å². The first-order valence-corrected chi connectivity index (χ1v) is 5.38. The molecule has 1 fully saturated rings. The molecule has 3 unspecified atom stereocenters. The molecular weight excluding hydrogens is 176 g/mol. The highest BCUT2D eigenvalue weighted by atomic mass is 16.2. The molecule has 3 N–H and O–H groups in total. The number of hydrogen-bond donors (Lipinski definition) is 2. The molecule has 1 aliphatic carbocycles. The molecule has 0 saturated heterocycles. The second-order valence-corrected chi connectivity index (χ2v) is 5.51. The van der Waals surface area contributed by atoms with Crippen LogP contribution in [0.3, 0.4) is 0 Å². The Hall–Kier alpha value is -0.570. The first-order chi connectivity index (χ1) is 6.32. The SMILES string of the molecule is CC1CCC1NC(=O)C(N)C(C)(C)C. The molecule has 0 spiro atoms. The summed E-state index contributed by atoms with van der Waals surface area (Å²) in [7, 11) is 0. The Morgan fingerprint density at radius 1 is 1.43 bits per heavy atom. The molecule has 0 aromatic rings. The fraction of sp³-hybridized carbons (Fsp3) is 0.909. The van der Waals surface area contributed by atoms with Gasteiger partial charge in [-0.1, -0.05) is 27.7 Å². The fourth-order valence-electron chi connectivity index (χ4n) is 1.55. The molecule has 1 saturated carbocycles. The van der Waals surface area contributed by atoms with E-state index >= 15 is 0 Å². The quantitative estimate of drug-likeness (QED) is 0.702. The second kappa shape index (κ2) is 3.89. The minimum absolute atomic E-state index is 0.00551. The normalized spacial score (nSPS) is 29.2. The fourth-order valence-corrected chi connectivity index (χ4v) is 1.55. The average Bonchev–Trinajstić information content (AvgIpc) is 2.08. The Morgan fingerprint density at radius 2 is 2.00 bits per heavy atom. The van der Waals surface area contributed by atoms with Crippen molar-refractivity contribution in [2.24, 2.45) is 17.1 Å². The smallest absolute Gasteiger partial charge is 0.237 e. The maximum atomic E-state index is 11.7. The molecule has 0 bridgehead atoms. The van der Waals surface area contributed by atoms with Crippen LogP contribution in [-0.4, -0.2) is 18.0 Å². The number of carbonyl (C=O) groups is 1. The summed E-state index contributed by atoms with van der Waals surface area (Å²) in [5.41, 5.74) is 5.70. The molecule has 0 heterocycles. The summed E-state index contributed by atoms with van der Waals surface area (Å²) in [5, 5.41) is 3.01. The van der Waals surface area contributed by atoms with Gasteiger partial charge in [-0.15, -0.1) is 0 Å². The van der Waals surface area contributed by atoms with E-state index in [1.807, 2.05) is 20.8 Å². The second-order valence-electron chi connectivity index (χ2n) is 5.51. The molecule has 0 aromatic heterocycles. The summed E-state index contributed by atoms with van der Waals surface area (Å²) in [4.78, 5) is 11.7. The van der Waals surface area contributed by atoms with E-state index in [-0.39, 0.29) is 11.3 Å². The van der Waals surface area contributed by atoms with Gasteiger partial charge in [-0.05, 0) is 24.2 Å². The summed E-state index contributed by atoms with van der Waals surface area (Å²) in [6, 6.07) is -0.0498. The lowest BCUT2D eigenvalue weighted by atomic mass is 9.80. The van der Waals surface area contributed by atoms with Gasteiger partial charge in [0.05, 0.1) is 6.04 Å². The Labute approximate surface area is 86.4 Å². The first kappa shape index (κ1) is 11.5. The highest BCUT2D eigenvalue weighted by Crippen LogP contribution is 2.27. The lowest BCUT2D eigenvalue weighted by Gasteiger charge is -2.36. The summed E-state index contributed by atoms with van der Waals surface area (Å²) < 4.78 is 0. The monoisotopic (exact) mass is 198 g/mol. The van der Waals surface area contributed by atoms with Crippen LogP contribution in [0, 0.1) is 11.3 Å². The van der Waals surface area contributed by atoms with Crippen molar-refractivity contribution in [2.45, 2.75) is 52.6 Å².